The summed E-state index contributed by atoms with van der Waals surface area (Å²) in [7, 11) is 0. The number of amides is 1. The van der Waals surface area contributed by atoms with E-state index in [4.69, 9.17) is 4.98 Å². The molecule has 1 amide bonds. The van der Waals surface area contributed by atoms with E-state index in [1.807, 2.05) is 30.5 Å². The van der Waals surface area contributed by atoms with Gasteiger partial charge in [0.15, 0.2) is 0 Å². The third-order valence-corrected chi connectivity index (χ3v) is 6.02. The molecule has 0 saturated carbocycles. The van der Waals surface area contributed by atoms with Gasteiger partial charge in [0.1, 0.15) is 0 Å². The van der Waals surface area contributed by atoms with E-state index in [1.165, 1.54) is 35.0 Å². The second-order valence-electron chi connectivity index (χ2n) is 7.95. The number of aromatic nitrogens is 2. The first-order valence-electron chi connectivity index (χ1n) is 10.8. The third kappa shape index (κ3) is 3.63. The molecule has 0 saturated heterocycles. The summed E-state index contributed by atoms with van der Waals surface area (Å²) in [5.41, 5.74) is 6.96. The lowest BCUT2D eigenvalue weighted by molar-refractivity contribution is -0.120. The number of carbonyl (C=O) groups is 1. The Morgan fingerprint density at radius 1 is 1.00 bits per heavy atom. The molecular weight excluding hydrogens is 372 g/mol. The summed E-state index contributed by atoms with van der Waals surface area (Å²) in [5.74, 6) is 0.0556. The Morgan fingerprint density at radius 2 is 1.80 bits per heavy atom. The van der Waals surface area contributed by atoms with Gasteiger partial charge in [0.05, 0.1) is 12.2 Å². The number of hydrogen-bond acceptors (Lipinski definition) is 3. The molecule has 4 aromatic rings. The maximum Gasteiger partial charge on any atom is 0.221 e. The highest BCUT2D eigenvalue weighted by atomic mass is 16.1. The normalized spacial score (nSPS) is 13.3. The average molecular weight is 399 g/mol. The molecular formula is C25H26N4O. The van der Waals surface area contributed by atoms with E-state index in [9.17, 15) is 4.79 Å². The van der Waals surface area contributed by atoms with Crippen molar-refractivity contribution in [1.82, 2.24) is 15.3 Å². The van der Waals surface area contributed by atoms with Crippen LogP contribution in [0.5, 0.6) is 0 Å². The topological polar surface area (TPSA) is 69.8 Å². The molecule has 0 aliphatic heterocycles. The first kappa shape index (κ1) is 18.7. The zero-order valence-electron chi connectivity index (χ0n) is 17.0. The Kier molecular flexibility index (Phi) is 5.10. The standard InChI is InChI=1S/C25H26N4O/c30-24(14-13-17-15-26-21-10-4-1-7-18(17)21)27-16-28-25-19-8-2-5-11-22(19)29-23-12-6-3-9-20(23)25/h1-2,4-5,7-8,10-11,15,26H,3,6,9,12-14,16H2,(H,27,30)(H,28,29). The number of carbonyl (C=O) groups excluding carboxylic acids is 1. The number of hydrogen-bond donors (Lipinski definition) is 3. The molecule has 5 nitrogen and oxygen atoms in total. The van der Waals surface area contributed by atoms with Gasteiger partial charge in [0, 0.05) is 40.3 Å². The van der Waals surface area contributed by atoms with Crippen molar-refractivity contribution in [2.75, 3.05) is 12.0 Å². The summed E-state index contributed by atoms with van der Waals surface area (Å²) in [6, 6.07) is 16.4. The Labute approximate surface area is 175 Å². The van der Waals surface area contributed by atoms with Crippen molar-refractivity contribution >= 4 is 33.4 Å². The minimum absolute atomic E-state index is 0.0556. The molecule has 5 heteroatoms. The van der Waals surface area contributed by atoms with Crippen LogP contribution in [-0.2, 0) is 24.1 Å². The lowest BCUT2D eigenvalue weighted by Gasteiger charge is -2.21. The van der Waals surface area contributed by atoms with Gasteiger partial charge >= 0.3 is 0 Å². The van der Waals surface area contributed by atoms with Crippen LogP contribution in [0.25, 0.3) is 21.8 Å². The predicted octanol–water partition coefficient (Wildman–Crippen LogP) is 4.71. The molecule has 0 radical (unpaired) electrons. The van der Waals surface area contributed by atoms with E-state index < -0.39 is 0 Å². The molecule has 1 aliphatic rings. The van der Waals surface area contributed by atoms with Gasteiger partial charge in [-0.2, -0.15) is 0 Å². The van der Waals surface area contributed by atoms with Gasteiger partial charge < -0.3 is 15.6 Å². The van der Waals surface area contributed by atoms with Gasteiger partial charge in [0.25, 0.3) is 0 Å². The number of fused-ring (bicyclic) bond motifs is 3. The van der Waals surface area contributed by atoms with E-state index in [0.29, 0.717) is 13.1 Å². The highest BCUT2D eigenvalue weighted by molar-refractivity contribution is 5.93. The lowest BCUT2D eigenvalue weighted by Crippen LogP contribution is -2.29. The molecule has 2 aromatic heterocycles. The quantitative estimate of drug-likeness (QED) is 0.412. The van der Waals surface area contributed by atoms with Gasteiger partial charge in [-0.15, -0.1) is 0 Å². The van der Waals surface area contributed by atoms with Gasteiger partial charge in [0.2, 0.25) is 5.91 Å². The SMILES string of the molecule is O=C(CCc1c[nH]c2ccccc12)NCNc1c2c(nc3ccccc13)CCCC2. The number of benzene rings is 2. The molecule has 2 heterocycles. The van der Waals surface area contributed by atoms with Crippen molar-refractivity contribution in [3.63, 3.8) is 0 Å². The summed E-state index contributed by atoms with van der Waals surface area (Å²) >= 11 is 0. The Hall–Kier alpha value is -3.34. The summed E-state index contributed by atoms with van der Waals surface area (Å²) in [6.45, 7) is 0.424. The maximum atomic E-state index is 12.4. The second-order valence-corrected chi connectivity index (χ2v) is 7.95. The third-order valence-electron chi connectivity index (χ3n) is 6.02. The highest BCUT2D eigenvalue weighted by Gasteiger charge is 2.18. The molecule has 3 N–H and O–H groups in total. The summed E-state index contributed by atoms with van der Waals surface area (Å²) in [5, 5.41) is 8.85. The van der Waals surface area contributed by atoms with Gasteiger partial charge in [-0.3, -0.25) is 9.78 Å². The molecule has 0 atom stereocenters. The van der Waals surface area contributed by atoms with Crippen LogP contribution in [-0.4, -0.2) is 22.5 Å². The molecule has 0 fully saturated rings. The maximum absolute atomic E-state index is 12.4. The van der Waals surface area contributed by atoms with Crippen LogP contribution in [0.4, 0.5) is 5.69 Å². The molecule has 2 aromatic carbocycles. The van der Waals surface area contributed by atoms with Gasteiger partial charge in [-0.05, 0) is 55.4 Å². The van der Waals surface area contributed by atoms with Crippen molar-refractivity contribution in [2.45, 2.75) is 38.5 Å². The number of aryl methyl sites for hydroxylation is 2. The number of anilines is 1. The zero-order valence-corrected chi connectivity index (χ0v) is 17.0. The molecule has 0 unspecified atom stereocenters. The highest BCUT2D eigenvalue weighted by Crippen LogP contribution is 2.33. The second kappa shape index (κ2) is 8.19. The van der Waals surface area contributed by atoms with E-state index >= 15 is 0 Å². The summed E-state index contributed by atoms with van der Waals surface area (Å²) in [4.78, 5) is 20.6. The number of H-pyrrole nitrogens is 1. The Balaban J connectivity index is 1.24. The Morgan fingerprint density at radius 3 is 2.73 bits per heavy atom. The molecule has 0 spiro atoms. The number of aromatic amines is 1. The Bertz CT molecular complexity index is 1210. The van der Waals surface area contributed by atoms with Crippen LogP contribution >= 0.6 is 0 Å². The fourth-order valence-electron chi connectivity index (χ4n) is 4.48. The molecule has 30 heavy (non-hydrogen) atoms. The number of para-hydroxylation sites is 2. The summed E-state index contributed by atoms with van der Waals surface area (Å²) < 4.78 is 0. The largest absolute Gasteiger partial charge is 0.367 e. The molecule has 1 aliphatic carbocycles. The average Bonchev–Trinajstić information content (AvgIpc) is 3.20. The van der Waals surface area contributed by atoms with Crippen molar-refractivity contribution < 1.29 is 4.79 Å². The fraction of sp³-hybridized carbons (Fsp3) is 0.280. The van der Waals surface area contributed by atoms with Crippen molar-refractivity contribution in [3.8, 4) is 0 Å². The minimum atomic E-state index is 0.0556. The first-order valence-corrected chi connectivity index (χ1v) is 10.8. The summed E-state index contributed by atoms with van der Waals surface area (Å²) in [6.07, 6.45) is 7.67. The molecule has 5 rings (SSSR count). The van der Waals surface area contributed by atoms with Crippen molar-refractivity contribution in [3.05, 3.63) is 71.5 Å². The first-order chi connectivity index (χ1) is 14.8. The predicted molar refractivity (Wildman–Crippen MR) is 122 cm³/mol. The zero-order chi connectivity index (χ0) is 20.3. The van der Waals surface area contributed by atoms with E-state index in [-0.39, 0.29) is 5.91 Å². The number of pyridine rings is 1. The van der Waals surface area contributed by atoms with Gasteiger partial charge in [-0.1, -0.05) is 36.4 Å². The fourth-order valence-corrected chi connectivity index (χ4v) is 4.48. The van der Waals surface area contributed by atoms with Crippen LogP contribution in [0, 0.1) is 0 Å². The van der Waals surface area contributed by atoms with Crippen molar-refractivity contribution in [2.24, 2.45) is 0 Å². The van der Waals surface area contributed by atoms with E-state index in [1.54, 1.807) is 0 Å². The van der Waals surface area contributed by atoms with Crippen LogP contribution in [0.1, 0.15) is 36.1 Å². The number of rotatable bonds is 6. The van der Waals surface area contributed by atoms with Crippen LogP contribution in [0.15, 0.2) is 54.7 Å². The minimum Gasteiger partial charge on any atom is -0.367 e. The number of nitrogens with one attached hydrogen (secondary N) is 3. The van der Waals surface area contributed by atoms with Crippen LogP contribution in [0.3, 0.4) is 0 Å². The van der Waals surface area contributed by atoms with Crippen LogP contribution < -0.4 is 10.6 Å². The van der Waals surface area contributed by atoms with E-state index in [2.05, 4.69) is 39.9 Å². The smallest absolute Gasteiger partial charge is 0.221 e. The van der Waals surface area contributed by atoms with Gasteiger partial charge in [-0.25, -0.2) is 0 Å². The molecule has 152 valence electrons. The number of nitrogens with zero attached hydrogens (tertiary/aromatic N) is 1. The molecule has 0 bridgehead atoms. The van der Waals surface area contributed by atoms with Crippen molar-refractivity contribution in [1.29, 1.82) is 0 Å². The monoisotopic (exact) mass is 398 g/mol. The lowest BCUT2D eigenvalue weighted by atomic mass is 9.93. The van der Waals surface area contributed by atoms with E-state index in [0.717, 1.165) is 41.4 Å². The van der Waals surface area contributed by atoms with Crippen LogP contribution in [0.2, 0.25) is 0 Å².